The molecule has 1 aromatic carbocycles. The van der Waals surface area contributed by atoms with Crippen LogP contribution in [0.1, 0.15) is 25.3 Å². The number of rotatable bonds is 5. The third-order valence-electron chi connectivity index (χ3n) is 3.36. The maximum atomic E-state index is 12.1. The van der Waals surface area contributed by atoms with E-state index >= 15 is 0 Å². The van der Waals surface area contributed by atoms with Gasteiger partial charge < -0.3 is 9.64 Å². The number of ether oxygens (including phenoxy) is 1. The Hall–Kier alpha value is -1.27. The molecule has 0 aliphatic carbocycles. The van der Waals surface area contributed by atoms with Crippen molar-refractivity contribution in [2.75, 3.05) is 18.1 Å². The largest absolute Gasteiger partial charge is 0.491 e. The molecule has 0 saturated carbocycles. The van der Waals surface area contributed by atoms with Crippen LogP contribution in [-0.4, -0.2) is 32.7 Å². The molecule has 21 heavy (non-hydrogen) atoms. The molecular formula is C14H18ClNO4S. The summed E-state index contributed by atoms with van der Waals surface area (Å²) in [5.41, 5.74) is 1.61. The normalized spacial score (nSPS) is 19.1. The highest BCUT2D eigenvalue weighted by molar-refractivity contribution is 8.14. The van der Waals surface area contributed by atoms with Crippen molar-refractivity contribution in [1.29, 1.82) is 0 Å². The summed E-state index contributed by atoms with van der Waals surface area (Å²) in [5.74, 6) is 0.340. The second-order valence-electron chi connectivity index (χ2n) is 5.13. The minimum Gasteiger partial charge on any atom is -0.491 e. The molecule has 1 aliphatic rings. The SMILES string of the molecule is CCCOc1cc(C)ccc1N1CC(S(=O)(=O)Cl)CC1=O. The van der Waals surface area contributed by atoms with E-state index in [2.05, 4.69) is 0 Å². The molecule has 0 radical (unpaired) electrons. The first kappa shape index (κ1) is 16.1. The second kappa shape index (κ2) is 6.23. The van der Waals surface area contributed by atoms with Crippen molar-refractivity contribution in [3.8, 4) is 5.75 Å². The molecule has 1 fully saturated rings. The van der Waals surface area contributed by atoms with Gasteiger partial charge in [-0.2, -0.15) is 0 Å². The molecule has 0 spiro atoms. The molecule has 0 N–H and O–H groups in total. The van der Waals surface area contributed by atoms with Crippen molar-refractivity contribution in [1.82, 2.24) is 0 Å². The number of nitrogens with zero attached hydrogens (tertiary/aromatic N) is 1. The van der Waals surface area contributed by atoms with E-state index in [4.69, 9.17) is 15.4 Å². The number of hydrogen-bond acceptors (Lipinski definition) is 4. The minimum absolute atomic E-state index is 0.0657. The van der Waals surface area contributed by atoms with Crippen LogP contribution in [-0.2, 0) is 13.8 Å². The molecule has 5 nitrogen and oxygen atoms in total. The van der Waals surface area contributed by atoms with Crippen molar-refractivity contribution in [3.05, 3.63) is 23.8 Å². The van der Waals surface area contributed by atoms with Crippen LogP contribution in [0.2, 0.25) is 0 Å². The van der Waals surface area contributed by atoms with E-state index in [1.165, 1.54) is 4.90 Å². The van der Waals surface area contributed by atoms with Crippen LogP contribution >= 0.6 is 10.7 Å². The quantitative estimate of drug-likeness (QED) is 0.777. The molecule has 1 aliphatic heterocycles. The average Bonchev–Trinajstić information content (AvgIpc) is 2.78. The highest BCUT2D eigenvalue weighted by Crippen LogP contribution is 2.34. The number of carbonyl (C=O) groups excluding carboxylic acids is 1. The minimum atomic E-state index is -3.75. The molecule has 0 bridgehead atoms. The number of amides is 1. The number of carbonyl (C=O) groups is 1. The van der Waals surface area contributed by atoms with Crippen LogP contribution < -0.4 is 9.64 Å². The second-order valence-corrected chi connectivity index (χ2v) is 8.03. The molecule has 1 heterocycles. The Morgan fingerprint density at radius 1 is 1.43 bits per heavy atom. The molecule has 116 valence electrons. The molecule has 1 aromatic rings. The smallest absolute Gasteiger partial charge is 0.237 e. The Balaban J connectivity index is 2.31. The summed E-state index contributed by atoms with van der Waals surface area (Å²) in [6.45, 7) is 4.53. The fraction of sp³-hybridized carbons (Fsp3) is 0.500. The van der Waals surface area contributed by atoms with E-state index in [9.17, 15) is 13.2 Å². The molecule has 1 saturated heterocycles. The van der Waals surface area contributed by atoms with Crippen molar-refractivity contribution in [3.63, 3.8) is 0 Å². The van der Waals surface area contributed by atoms with Gasteiger partial charge in [-0.15, -0.1) is 0 Å². The first-order valence-electron chi connectivity index (χ1n) is 6.80. The van der Waals surface area contributed by atoms with Gasteiger partial charge in [-0.3, -0.25) is 4.79 Å². The molecular weight excluding hydrogens is 314 g/mol. The zero-order chi connectivity index (χ0) is 15.6. The van der Waals surface area contributed by atoms with Crippen LogP contribution in [0.15, 0.2) is 18.2 Å². The standard InChI is InChI=1S/C14H18ClNO4S/c1-3-6-20-13-7-10(2)4-5-12(13)16-9-11(8-14(16)17)21(15,18)19/h4-5,7,11H,3,6,8-9H2,1-2H3. The number of aryl methyl sites for hydroxylation is 1. The summed E-state index contributed by atoms with van der Waals surface area (Å²) in [5, 5.41) is -0.869. The fourth-order valence-corrected chi connectivity index (χ4v) is 3.29. The first-order valence-corrected chi connectivity index (χ1v) is 9.17. The van der Waals surface area contributed by atoms with Gasteiger partial charge in [0, 0.05) is 23.6 Å². The van der Waals surface area contributed by atoms with Gasteiger partial charge >= 0.3 is 0 Å². The third kappa shape index (κ3) is 3.68. The fourth-order valence-electron chi connectivity index (χ4n) is 2.27. The summed E-state index contributed by atoms with van der Waals surface area (Å²) >= 11 is 0. The van der Waals surface area contributed by atoms with E-state index in [0.29, 0.717) is 18.0 Å². The van der Waals surface area contributed by atoms with Gasteiger partial charge in [-0.1, -0.05) is 13.0 Å². The Bertz CT molecular complexity index is 644. The van der Waals surface area contributed by atoms with Gasteiger partial charge in [0.15, 0.2) is 0 Å². The molecule has 0 aromatic heterocycles. The van der Waals surface area contributed by atoms with Crippen LogP contribution in [0, 0.1) is 6.92 Å². The summed E-state index contributed by atoms with van der Waals surface area (Å²) in [4.78, 5) is 13.5. The van der Waals surface area contributed by atoms with Crippen LogP contribution in [0.3, 0.4) is 0 Å². The van der Waals surface area contributed by atoms with Crippen molar-refractivity contribution < 1.29 is 17.9 Å². The molecule has 1 amide bonds. The van der Waals surface area contributed by atoms with E-state index in [-0.39, 0.29) is 18.9 Å². The van der Waals surface area contributed by atoms with E-state index in [1.54, 1.807) is 6.07 Å². The number of benzene rings is 1. The molecule has 7 heteroatoms. The lowest BCUT2D eigenvalue weighted by molar-refractivity contribution is -0.117. The Labute approximate surface area is 129 Å². The van der Waals surface area contributed by atoms with Gasteiger partial charge in [0.2, 0.25) is 15.0 Å². The predicted molar refractivity (Wildman–Crippen MR) is 82.5 cm³/mol. The van der Waals surface area contributed by atoms with Gasteiger partial charge in [0.25, 0.3) is 0 Å². The summed E-state index contributed by atoms with van der Waals surface area (Å²) in [7, 11) is 1.62. The van der Waals surface area contributed by atoms with Crippen molar-refractivity contribution in [2.24, 2.45) is 0 Å². The van der Waals surface area contributed by atoms with E-state index in [0.717, 1.165) is 12.0 Å². The predicted octanol–water partition coefficient (Wildman–Crippen LogP) is 2.46. The third-order valence-corrected chi connectivity index (χ3v) is 5.22. The van der Waals surface area contributed by atoms with Crippen molar-refractivity contribution in [2.45, 2.75) is 31.9 Å². The Kier molecular flexibility index (Phi) is 4.78. The van der Waals surface area contributed by atoms with Crippen LogP contribution in [0.4, 0.5) is 5.69 Å². The summed E-state index contributed by atoms with van der Waals surface area (Å²) < 4.78 is 28.5. The number of hydrogen-bond donors (Lipinski definition) is 0. The lowest BCUT2D eigenvalue weighted by Gasteiger charge is -2.20. The molecule has 1 unspecified atom stereocenters. The van der Waals surface area contributed by atoms with Gasteiger partial charge in [-0.05, 0) is 31.0 Å². The average molecular weight is 332 g/mol. The van der Waals surface area contributed by atoms with Crippen LogP contribution in [0.5, 0.6) is 5.75 Å². The lowest BCUT2D eigenvalue weighted by Crippen LogP contribution is -2.27. The monoisotopic (exact) mass is 331 g/mol. The Morgan fingerprint density at radius 3 is 2.71 bits per heavy atom. The number of anilines is 1. The summed E-state index contributed by atoms with van der Waals surface area (Å²) in [6, 6.07) is 5.49. The highest BCUT2D eigenvalue weighted by Gasteiger charge is 2.38. The molecule has 2 rings (SSSR count). The zero-order valence-electron chi connectivity index (χ0n) is 12.0. The zero-order valence-corrected chi connectivity index (χ0v) is 13.6. The highest BCUT2D eigenvalue weighted by atomic mass is 35.7. The van der Waals surface area contributed by atoms with E-state index in [1.807, 2.05) is 26.0 Å². The lowest BCUT2D eigenvalue weighted by atomic mass is 10.2. The van der Waals surface area contributed by atoms with Gasteiger partial charge in [-0.25, -0.2) is 8.42 Å². The Morgan fingerprint density at radius 2 is 2.14 bits per heavy atom. The number of halogens is 1. The topological polar surface area (TPSA) is 63.7 Å². The van der Waals surface area contributed by atoms with Crippen LogP contribution in [0.25, 0.3) is 0 Å². The summed E-state index contributed by atoms with van der Waals surface area (Å²) in [6.07, 6.45) is 0.757. The maximum absolute atomic E-state index is 12.1. The first-order chi connectivity index (χ1) is 9.82. The van der Waals surface area contributed by atoms with Gasteiger partial charge in [0.1, 0.15) is 11.0 Å². The maximum Gasteiger partial charge on any atom is 0.237 e. The van der Waals surface area contributed by atoms with Crippen molar-refractivity contribution >= 4 is 31.3 Å². The molecule has 1 atom stereocenters. The van der Waals surface area contributed by atoms with Gasteiger partial charge in [0.05, 0.1) is 12.3 Å². The van der Waals surface area contributed by atoms with E-state index < -0.39 is 14.3 Å².